The Bertz CT molecular complexity index is 236. The van der Waals surface area contributed by atoms with Gasteiger partial charge in [0, 0.05) is 25.1 Å². The van der Waals surface area contributed by atoms with Crippen LogP contribution in [0, 0.1) is 6.42 Å². The Kier molecular flexibility index (Phi) is 3.74. The molecular formula is C11H16NO. The van der Waals surface area contributed by atoms with Gasteiger partial charge in [0.15, 0.2) is 0 Å². The molecule has 0 N–H and O–H groups in total. The summed E-state index contributed by atoms with van der Waals surface area (Å²) in [5.74, 6) is 0.148. The van der Waals surface area contributed by atoms with Gasteiger partial charge >= 0.3 is 0 Å². The molecule has 0 bridgehead atoms. The largest absolute Gasteiger partial charge is 0.339 e. The summed E-state index contributed by atoms with van der Waals surface area (Å²) in [5, 5.41) is 0. The Morgan fingerprint density at radius 3 is 2.62 bits per heavy atom. The number of hydrogen-bond donors (Lipinski definition) is 0. The van der Waals surface area contributed by atoms with Crippen molar-refractivity contribution >= 4 is 5.91 Å². The monoisotopic (exact) mass is 178 g/mol. The van der Waals surface area contributed by atoms with E-state index in [1.54, 1.807) is 0 Å². The van der Waals surface area contributed by atoms with E-state index in [4.69, 9.17) is 0 Å². The maximum atomic E-state index is 11.8. The van der Waals surface area contributed by atoms with Crippen molar-refractivity contribution in [1.29, 1.82) is 0 Å². The zero-order valence-electron chi connectivity index (χ0n) is 8.29. The van der Waals surface area contributed by atoms with Crippen molar-refractivity contribution in [2.75, 3.05) is 13.1 Å². The van der Waals surface area contributed by atoms with Gasteiger partial charge in [-0.1, -0.05) is 18.2 Å². The van der Waals surface area contributed by atoms with Crippen LogP contribution in [0.5, 0.6) is 0 Å². The van der Waals surface area contributed by atoms with Crippen molar-refractivity contribution < 1.29 is 4.79 Å². The maximum absolute atomic E-state index is 11.8. The van der Waals surface area contributed by atoms with Crippen LogP contribution in [0.25, 0.3) is 0 Å². The highest BCUT2D eigenvalue weighted by Gasteiger charge is 2.15. The second kappa shape index (κ2) is 4.85. The third-order valence-corrected chi connectivity index (χ3v) is 2.18. The molecule has 0 spiro atoms. The minimum atomic E-state index is 0.148. The lowest BCUT2D eigenvalue weighted by Gasteiger charge is -2.20. The average molecular weight is 178 g/mol. The molecule has 1 aliphatic rings. The van der Waals surface area contributed by atoms with E-state index in [-0.39, 0.29) is 5.91 Å². The molecule has 1 radical (unpaired) electrons. The summed E-state index contributed by atoms with van der Waals surface area (Å²) in [7, 11) is 0. The minimum absolute atomic E-state index is 0.148. The van der Waals surface area contributed by atoms with Crippen molar-refractivity contribution in [2.24, 2.45) is 0 Å². The molecule has 0 aromatic heterocycles. The lowest BCUT2D eigenvalue weighted by Crippen LogP contribution is -2.32. The van der Waals surface area contributed by atoms with Gasteiger partial charge in [-0.25, -0.2) is 0 Å². The van der Waals surface area contributed by atoms with E-state index in [0.717, 1.165) is 25.1 Å². The highest BCUT2D eigenvalue weighted by molar-refractivity contribution is 5.96. The van der Waals surface area contributed by atoms with Crippen LogP contribution in [0.3, 0.4) is 0 Å². The SMILES string of the molecule is CCN(CC)C(=O)C1=CC=CC[CH]1. The third-order valence-electron chi connectivity index (χ3n) is 2.18. The molecule has 1 aliphatic carbocycles. The third kappa shape index (κ3) is 2.44. The van der Waals surface area contributed by atoms with Gasteiger partial charge in [0.1, 0.15) is 0 Å². The van der Waals surface area contributed by atoms with Crippen molar-refractivity contribution in [3.05, 3.63) is 30.2 Å². The Morgan fingerprint density at radius 1 is 1.46 bits per heavy atom. The number of rotatable bonds is 3. The maximum Gasteiger partial charge on any atom is 0.250 e. The van der Waals surface area contributed by atoms with Gasteiger partial charge < -0.3 is 4.90 Å². The quantitative estimate of drug-likeness (QED) is 0.646. The molecule has 0 aromatic carbocycles. The molecule has 0 aliphatic heterocycles. The highest BCUT2D eigenvalue weighted by Crippen LogP contribution is 2.13. The van der Waals surface area contributed by atoms with E-state index in [9.17, 15) is 4.79 Å². The molecule has 71 valence electrons. The molecule has 0 saturated carbocycles. The predicted molar refractivity (Wildman–Crippen MR) is 54.1 cm³/mol. The van der Waals surface area contributed by atoms with Crippen LogP contribution in [0.2, 0.25) is 0 Å². The Morgan fingerprint density at radius 2 is 2.15 bits per heavy atom. The Hall–Kier alpha value is -1.05. The van der Waals surface area contributed by atoms with E-state index in [1.807, 2.05) is 43.4 Å². The van der Waals surface area contributed by atoms with Crippen LogP contribution in [0.1, 0.15) is 20.3 Å². The minimum Gasteiger partial charge on any atom is -0.339 e. The molecule has 0 heterocycles. The first kappa shape index (κ1) is 10.0. The Balaban J connectivity index is 2.65. The number of hydrogen-bond acceptors (Lipinski definition) is 1. The van der Waals surface area contributed by atoms with Gasteiger partial charge in [0.05, 0.1) is 0 Å². The summed E-state index contributed by atoms with van der Waals surface area (Å²) >= 11 is 0. The number of carbonyl (C=O) groups excluding carboxylic acids is 1. The molecular weight excluding hydrogens is 162 g/mol. The molecule has 0 unspecified atom stereocenters. The molecule has 0 aromatic rings. The topological polar surface area (TPSA) is 20.3 Å². The summed E-state index contributed by atoms with van der Waals surface area (Å²) in [6.45, 7) is 5.57. The molecule has 1 rings (SSSR count). The molecule has 0 saturated heterocycles. The second-order valence-electron chi connectivity index (χ2n) is 2.97. The van der Waals surface area contributed by atoms with E-state index in [1.165, 1.54) is 0 Å². The van der Waals surface area contributed by atoms with Crippen LogP contribution < -0.4 is 0 Å². The van der Waals surface area contributed by atoms with Crippen molar-refractivity contribution in [2.45, 2.75) is 20.3 Å². The van der Waals surface area contributed by atoms with Gasteiger partial charge in [0.2, 0.25) is 5.91 Å². The molecule has 13 heavy (non-hydrogen) atoms. The zero-order valence-corrected chi connectivity index (χ0v) is 8.29. The van der Waals surface area contributed by atoms with Gasteiger partial charge in [-0.05, 0) is 20.3 Å². The fraction of sp³-hybridized carbons (Fsp3) is 0.455. The van der Waals surface area contributed by atoms with E-state index >= 15 is 0 Å². The number of carbonyl (C=O) groups is 1. The first-order chi connectivity index (χ1) is 6.29. The standard InChI is InChI=1S/C11H16NO/c1-3-12(4-2)11(13)10-8-6-5-7-9-10/h5-6,8-9H,3-4,7H2,1-2H3. The summed E-state index contributed by atoms with van der Waals surface area (Å²) < 4.78 is 0. The van der Waals surface area contributed by atoms with Crippen LogP contribution in [-0.4, -0.2) is 23.9 Å². The van der Waals surface area contributed by atoms with Gasteiger partial charge in [-0.3, -0.25) is 4.79 Å². The predicted octanol–water partition coefficient (Wildman–Crippen LogP) is 1.95. The van der Waals surface area contributed by atoms with Gasteiger partial charge in [-0.15, -0.1) is 0 Å². The van der Waals surface area contributed by atoms with Gasteiger partial charge in [-0.2, -0.15) is 0 Å². The van der Waals surface area contributed by atoms with Crippen molar-refractivity contribution in [3.8, 4) is 0 Å². The van der Waals surface area contributed by atoms with Crippen LogP contribution in [0.4, 0.5) is 0 Å². The number of likely N-dealkylation sites (N-methyl/N-ethyl adjacent to an activating group) is 1. The molecule has 0 fully saturated rings. The van der Waals surface area contributed by atoms with E-state index in [2.05, 4.69) is 0 Å². The summed E-state index contributed by atoms with van der Waals surface area (Å²) in [6, 6.07) is 0. The normalized spacial score (nSPS) is 15.4. The first-order valence-corrected chi connectivity index (χ1v) is 4.78. The molecule has 2 nitrogen and oxygen atoms in total. The number of nitrogens with zero attached hydrogens (tertiary/aromatic N) is 1. The van der Waals surface area contributed by atoms with Crippen LogP contribution in [0.15, 0.2) is 23.8 Å². The van der Waals surface area contributed by atoms with Crippen molar-refractivity contribution in [3.63, 3.8) is 0 Å². The highest BCUT2D eigenvalue weighted by atomic mass is 16.2. The molecule has 2 heteroatoms. The fourth-order valence-electron chi connectivity index (χ4n) is 1.37. The summed E-state index contributed by atoms with van der Waals surface area (Å²) in [6.07, 6.45) is 8.71. The summed E-state index contributed by atoms with van der Waals surface area (Å²) in [4.78, 5) is 13.6. The fourth-order valence-corrected chi connectivity index (χ4v) is 1.37. The van der Waals surface area contributed by atoms with E-state index < -0.39 is 0 Å². The lowest BCUT2D eigenvalue weighted by molar-refractivity contribution is -0.126. The van der Waals surface area contributed by atoms with Gasteiger partial charge in [0.25, 0.3) is 0 Å². The molecule has 0 atom stereocenters. The lowest BCUT2D eigenvalue weighted by atomic mass is 10.0. The number of allylic oxidation sites excluding steroid dienone is 3. The van der Waals surface area contributed by atoms with Crippen LogP contribution in [-0.2, 0) is 4.79 Å². The van der Waals surface area contributed by atoms with Crippen molar-refractivity contribution in [1.82, 2.24) is 4.90 Å². The smallest absolute Gasteiger partial charge is 0.250 e. The molecule has 1 amide bonds. The van der Waals surface area contributed by atoms with Crippen LogP contribution >= 0.6 is 0 Å². The average Bonchev–Trinajstić information content (AvgIpc) is 2.21. The van der Waals surface area contributed by atoms with E-state index in [0.29, 0.717) is 0 Å². The second-order valence-corrected chi connectivity index (χ2v) is 2.97. The zero-order chi connectivity index (χ0) is 9.68. The summed E-state index contributed by atoms with van der Waals surface area (Å²) in [5.41, 5.74) is 0.825. The first-order valence-electron chi connectivity index (χ1n) is 4.78. The number of amides is 1. The Labute approximate surface area is 79.9 Å².